The Bertz CT molecular complexity index is 1180. The molecule has 1 aliphatic heterocycles. The molecule has 0 saturated heterocycles. The van der Waals surface area contributed by atoms with Crippen molar-refractivity contribution in [3.8, 4) is 0 Å². The van der Waals surface area contributed by atoms with Gasteiger partial charge in [0.05, 0.1) is 11.2 Å². The highest BCUT2D eigenvalue weighted by Crippen LogP contribution is 2.26. The molecule has 8 heteroatoms. The lowest BCUT2D eigenvalue weighted by atomic mass is 9.93. The fourth-order valence-corrected chi connectivity index (χ4v) is 4.15. The molecule has 1 unspecified atom stereocenters. The number of benzene rings is 2. The van der Waals surface area contributed by atoms with E-state index in [-0.39, 0.29) is 22.5 Å². The number of nitrogens with one attached hydrogen (secondary N) is 1. The Morgan fingerprint density at radius 3 is 2.33 bits per heavy atom. The lowest BCUT2D eigenvalue weighted by molar-refractivity contribution is -0.121. The molecule has 0 bridgehead atoms. The van der Waals surface area contributed by atoms with Crippen LogP contribution in [-0.4, -0.2) is 37.4 Å². The van der Waals surface area contributed by atoms with Crippen molar-refractivity contribution in [2.24, 2.45) is 0 Å². The summed E-state index contributed by atoms with van der Waals surface area (Å²) in [5, 5.41) is 2.79. The van der Waals surface area contributed by atoms with Crippen molar-refractivity contribution in [2.75, 3.05) is 11.6 Å². The summed E-state index contributed by atoms with van der Waals surface area (Å²) in [4.78, 5) is 27.7. The van der Waals surface area contributed by atoms with Gasteiger partial charge in [0.2, 0.25) is 5.91 Å². The molecule has 4 rings (SSSR count). The van der Waals surface area contributed by atoms with Crippen LogP contribution in [0.3, 0.4) is 0 Å². The minimum Gasteiger partial charge on any atom is -0.459 e. The van der Waals surface area contributed by atoms with Gasteiger partial charge in [-0.1, -0.05) is 24.3 Å². The van der Waals surface area contributed by atoms with Gasteiger partial charge in [0.25, 0.3) is 5.91 Å². The summed E-state index contributed by atoms with van der Waals surface area (Å²) in [5.74, 6) is -0.539. The number of hydrogen-bond donors (Lipinski definition) is 1. The zero-order valence-electron chi connectivity index (χ0n) is 16.2. The zero-order chi connectivity index (χ0) is 21.3. The number of sulfone groups is 1. The Labute approximate surface area is 174 Å². The highest BCUT2D eigenvalue weighted by atomic mass is 32.2. The number of fused-ring (bicyclic) bond motifs is 1. The third-order valence-corrected chi connectivity index (χ3v) is 6.22. The van der Waals surface area contributed by atoms with Gasteiger partial charge in [-0.3, -0.25) is 9.59 Å². The Hall–Kier alpha value is -3.39. The molecule has 2 heterocycles. The van der Waals surface area contributed by atoms with Crippen LogP contribution in [0.1, 0.15) is 21.7 Å². The molecule has 0 fully saturated rings. The van der Waals surface area contributed by atoms with Crippen LogP contribution in [0.15, 0.2) is 76.2 Å². The van der Waals surface area contributed by atoms with Gasteiger partial charge in [-0.25, -0.2) is 8.42 Å². The first-order valence-corrected chi connectivity index (χ1v) is 11.2. The fraction of sp³-hybridized carbons (Fsp3) is 0.182. The monoisotopic (exact) mass is 424 g/mol. The molecule has 3 aromatic rings. The fourth-order valence-electron chi connectivity index (χ4n) is 3.52. The van der Waals surface area contributed by atoms with Crippen LogP contribution >= 0.6 is 0 Å². The van der Waals surface area contributed by atoms with Crippen molar-refractivity contribution < 1.29 is 22.4 Å². The summed E-state index contributed by atoms with van der Waals surface area (Å²) >= 11 is 0. The lowest BCUT2D eigenvalue weighted by Crippen LogP contribution is -2.50. The summed E-state index contributed by atoms with van der Waals surface area (Å²) < 4.78 is 28.5. The summed E-state index contributed by atoms with van der Waals surface area (Å²) in [6, 6.07) is 16.1. The molecule has 1 N–H and O–H groups in total. The molecule has 1 aromatic heterocycles. The van der Waals surface area contributed by atoms with E-state index in [9.17, 15) is 18.0 Å². The molecule has 0 aliphatic carbocycles. The average molecular weight is 424 g/mol. The van der Waals surface area contributed by atoms with Gasteiger partial charge < -0.3 is 14.6 Å². The highest BCUT2D eigenvalue weighted by molar-refractivity contribution is 7.90. The predicted molar refractivity (Wildman–Crippen MR) is 111 cm³/mol. The molecule has 7 nitrogen and oxygen atoms in total. The van der Waals surface area contributed by atoms with E-state index in [1.165, 1.54) is 35.4 Å². The Kier molecular flexibility index (Phi) is 5.17. The maximum Gasteiger partial charge on any atom is 0.290 e. The average Bonchev–Trinajstić information content (AvgIpc) is 3.27. The van der Waals surface area contributed by atoms with Crippen molar-refractivity contribution in [3.05, 3.63) is 83.8 Å². The molecular formula is C22H20N2O5S. The predicted octanol–water partition coefficient (Wildman–Crippen LogP) is 2.89. The minimum absolute atomic E-state index is 0.168. The van der Waals surface area contributed by atoms with E-state index in [2.05, 4.69) is 5.32 Å². The second-order valence-electron chi connectivity index (χ2n) is 7.18. The van der Waals surface area contributed by atoms with E-state index < -0.39 is 15.9 Å². The normalized spacial score (nSPS) is 16.0. The largest absolute Gasteiger partial charge is 0.459 e. The van der Waals surface area contributed by atoms with Gasteiger partial charge in [0.1, 0.15) is 6.04 Å². The number of anilines is 1. The van der Waals surface area contributed by atoms with Gasteiger partial charge >= 0.3 is 0 Å². The summed E-state index contributed by atoms with van der Waals surface area (Å²) in [7, 11) is -3.32. The van der Waals surface area contributed by atoms with Crippen LogP contribution in [0.4, 0.5) is 5.69 Å². The minimum atomic E-state index is -3.32. The van der Waals surface area contributed by atoms with E-state index in [0.717, 1.165) is 17.4 Å². The highest BCUT2D eigenvalue weighted by Gasteiger charge is 2.36. The second-order valence-corrected chi connectivity index (χ2v) is 9.20. The van der Waals surface area contributed by atoms with Crippen molar-refractivity contribution in [1.29, 1.82) is 0 Å². The van der Waals surface area contributed by atoms with E-state index in [0.29, 0.717) is 18.7 Å². The van der Waals surface area contributed by atoms with Gasteiger partial charge in [0, 0.05) is 24.9 Å². The molecule has 1 aliphatic rings. The van der Waals surface area contributed by atoms with Crippen LogP contribution in [0, 0.1) is 0 Å². The molecular weight excluding hydrogens is 404 g/mol. The second kappa shape index (κ2) is 7.79. The number of carbonyl (C=O) groups excluding carboxylic acids is 2. The van der Waals surface area contributed by atoms with Crippen LogP contribution in [0.25, 0.3) is 0 Å². The summed E-state index contributed by atoms with van der Waals surface area (Å²) in [6.07, 6.45) is 2.91. The number of amides is 2. The van der Waals surface area contributed by atoms with E-state index in [4.69, 9.17) is 4.42 Å². The van der Waals surface area contributed by atoms with E-state index in [1.807, 2.05) is 24.3 Å². The van der Waals surface area contributed by atoms with E-state index >= 15 is 0 Å². The van der Waals surface area contributed by atoms with Crippen molar-refractivity contribution in [2.45, 2.75) is 23.9 Å². The molecule has 2 amide bonds. The van der Waals surface area contributed by atoms with Crippen LogP contribution in [-0.2, 0) is 27.6 Å². The third-order valence-electron chi connectivity index (χ3n) is 5.09. The zero-order valence-corrected chi connectivity index (χ0v) is 17.1. The number of nitrogens with zero attached hydrogens (tertiary/aromatic N) is 1. The summed E-state index contributed by atoms with van der Waals surface area (Å²) in [5.41, 5.74) is 2.45. The standard InChI is InChI=1S/C22H20N2O5S/c1-30(27,28)18-10-8-17(9-11-18)23-21(25)19-13-15-5-2-3-6-16(15)14-24(19)22(26)20-7-4-12-29-20/h2-12,19H,13-14H2,1H3,(H,23,25). The first kappa shape index (κ1) is 19.9. The lowest BCUT2D eigenvalue weighted by Gasteiger charge is -2.35. The van der Waals surface area contributed by atoms with Gasteiger partial charge in [-0.15, -0.1) is 0 Å². The number of hydrogen-bond acceptors (Lipinski definition) is 5. The maximum atomic E-state index is 13.1. The van der Waals surface area contributed by atoms with Gasteiger partial charge in [0.15, 0.2) is 15.6 Å². The Balaban J connectivity index is 1.60. The van der Waals surface area contributed by atoms with Crippen molar-refractivity contribution in [3.63, 3.8) is 0 Å². The maximum absolute atomic E-state index is 13.1. The topological polar surface area (TPSA) is 96.7 Å². The molecule has 30 heavy (non-hydrogen) atoms. The van der Waals surface area contributed by atoms with Gasteiger partial charge in [-0.05, 0) is 47.5 Å². The third kappa shape index (κ3) is 3.99. The van der Waals surface area contributed by atoms with Gasteiger partial charge in [-0.2, -0.15) is 0 Å². The molecule has 2 aromatic carbocycles. The molecule has 0 saturated carbocycles. The Morgan fingerprint density at radius 1 is 1.00 bits per heavy atom. The molecule has 1 atom stereocenters. The van der Waals surface area contributed by atoms with E-state index in [1.54, 1.807) is 12.1 Å². The number of rotatable bonds is 4. The summed E-state index contributed by atoms with van der Waals surface area (Å²) in [6.45, 7) is 0.292. The molecule has 0 radical (unpaired) electrons. The SMILES string of the molecule is CS(=O)(=O)c1ccc(NC(=O)C2Cc3ccccc3CN2C(=O)c2ccco2)cc1. The van der Waals surface area contributed by atoms with Crippen LogP contribution in [0.5, 0.6) is 0 Å². The van der Waals surface area contributed by atoms with Crippen LogP contribution in [0.2, 0.25) is 0 Å². The first-order valence-electron chi connectivity index (χ1n) is 9.35. The number of carbonyl (C=O) groups is 2. The van der Waals surface area contributed by atoms with Crippen molar-refractivity contribution in [1.82, 2.24) is 4.90 Å². The molecule has 0 spiro atoms. The molecule has 154 valence electrons. The Morgan fingerprint density at radius 2 is 1.70 bits per heavy atom. The smallest absolute Gasteiger partial charge is 0.290 e. The number of furan rings is 1. The van der Waals surface area contributed by atoms with Crippen LogP contribution < -0.4 is 5.32 Å². The first-order chi connectivity index (χ1) is 14.3. The quantitative estimate of drug-likeness (QED) is 0.695. The van der Waals surface area contributed by atoms with Crippen molar-refractivity contribution >= 4 is 27.3 Å².